The monoisotopic (exact) mass is 587 g/mol. The van der Waals surface area contributed by atoms with Crippen LogP contribution in [0, 0.1) is 0 Å². The van der Waals surface area contributed by atoms with Gasteiger partial charge in [0.25, 0.3) is 10.1 Å². The summed E-state index contributed by atoms with van der Waals surface area (Å²) < 4.78 is 32.3. The van der Waals surface area contributed by atoms with Gasteiger partial charge in [0.05, 0.1) is 17.9 Å². The number of aliphatic hydroxyl groups is 1. The zero-order chi connectivity index (χ0) is 29.7. The Labute approximate surface area is 248 Å². The molecule has 0 saturated heterocycles. The van der Waals surface area contributed by atoms with Crippen molar-refractivity contribution in [3.05, 3.63) is 12.2 Å². The van der Waals surface area contributed by atoms with Gasteiger partial charge in [-0.25, -0.2) is 0 Å². The Morgan fingerprint density at radius 3 is 1.52 bits per heavy atom. The second kappa shape index (κ2) is 28.2. The van der Waals surface area contributed by atoms with Crippen LogP contribution in [0.3, 0.4) is 0 Å². The molecule has 0 fully saturated rings. The molecule has 0 aromatic heterocycles. The van der Waals surface area contributed by atoms with Crippen molar-refractivity contribution < 1.29 is 22.9 Å². The van der Waals surface area contributed by atoms with Gasteiger partial charge in [-0.3, -0.25) is 9.35 Å². The zero-order valence-electron chi connectivity index (χ0n) is 26.2. The number of hydrogen-bond donors (Lipinski definition) is 3. The van der Waals surface area contributed by atoms with Crippen LogP contribution >= 0.6 is 0 Å². The van der Waals surface area contributed by atoms with Crippen molar-refractivity contribution in [2.24, 2.45) is 0 Å². The summed E-state index contributed by atoms with van der Waals surface area (Å²) in [6, 6.07) is -0.969. The van der Waals surface area contributed by atoms with Gasteiger partial charge in [0.1, 0.15) is 0 Å². The van der Waals surface area contributed by atoms with Gasteiger partial charge in [-0.15, -0.1) is 0 Å². The third-order valence-electron chi connectivity index (χ3n) is 7.72. The number of unbranched alkanes of at least 4 members (excludes halogenated alkanes) is 20. The van der Waals surface area contributed by atoms with Gasteiger partial charge >= 0.3 is 0 Å². The number of aliphatic hydroxyl groups excluding tert-OH is 1. The first-order valence-electron chi connectivity index (χ1n) is 16.9. The summed E-state index contributed by atoms with van der Waals surface area (Å²) in [5.74, 6) is -0.905. The minimum Gasteiger partial charge on any atom is -0.391 e. The molecule has 6 nitrogen and oxygen atoms in total. The fourth-order valence-electron chi connectivity index (χ4n) is 5.15. The first-order valence-corrected chi connectivity index (χ1v) is 18.5. The minimum absolute atomic E-state index is 0.256. The Morgan fingerprint density at radius 1 is 0.650 bits per heavy atom. The highest BCUT2D eigenvalue weighted by Crippen LogP contribution is 2.15. The summed E-state index contributed by atoms with van der Waals surface area (Å²) in [6.07, 6.45) is 31.5. The molecule has 0 aliphatic heterocycles. The fourth-order valence-corrected chi connectivity index (χ4v) is 5.91. The molecule has 0 rings (SSSR count). The highest BCUT2D eigenvalue weighted by molar-refractivity contribution is 7.85. The molecular formula is C33H65NO5S. The van der Waals surface area contributed by atoms with Gasteiger partial charge in [-0.2, -0.15) is 8.42 Å². The standard InChI is InChI=1S/C33H65NO5S/c1-3-5-7-9-11-13-15-17-19-21-23-25-27-29-33(36)34-31(30-40(37,38)39)32(35)28-26-24-22-20-18-16-14-12-10-8-6-4-2/h13,15,31-32,35H,3-12,14,16-30H2,1-2H3,(H,34,36)(H,37,38,39)/b15-13-. The molecule has 7 heteroatoms. The quantitative estimate of drug-likeness (QED) is 0.0442. The van der Waals surface area contributed by atoms with Gasteiger partial charge in [0.2, 0.25) is 5.91 Å². The predicted molar refractivity (Wildman–Crippen MR) is 170 cm³/mol. The van der Waals surface area contributed by atoms with E-state index in [0.29, 0.717) is 12.8 Å². The van der Waals surface area contributed by atoms with Crippen molar-refractivity contribution in [3.8, 4) is 0 Å². The van der Waals surface area contributed by atoms with Crippen LogP contribution < -0.4 is 5.32 Å². The Kier molecular flexibility index (Phi) is 27.6. The lowest BCUT2D eigenvalue weighted by atomic mass is 10.0. The van der Waals surface area contributed by atoms with Crippen molar-refractivity contribution in [2.45, 2.75) is 187 Å². The zero-order valence-corrected chi connectivity index (χ0v) is 27.0. The van der Waals surface area contributed by atoms with E-state index in [0.717, 1.165) is 51.4 Å². The van der Waals surface area contributed by atoms with Gasteiger partial charge in [-0.05, 0) is 38.5 Å². The summed E-state index contributed by atoms with van der Waals surface area (Å²) in [5.41, 5.74) is 0. The predicted octanol–water partition coefficient (Wildman–Crippen LogP) is 9.07. The third-order valence-corrected chi connectivity index (χ3v) is 8.50. The van der Waals surface area contributed by atoms with Gasteiger partial charge in [-0.1, -0.05) is 142 Å². The van der Waals surface area contributed by atoms with E-state index in [-0.39, 0.29) is 5.91 Å². The van der Waals surface area contributed by atoms with Crippen molar-refractivity contribution in [1.82, 2.24) is 5.32 Å². The van der Waals surface area contributed by atoms with Crippen LogP contribution in [0.4, 0.5) is 0 Å². The van der Waals surface area contributed by atoms with Crippen molar-refractivity contribution in [3.63, 3.8) is 0 Å². The maximum absolute atomic E-state index is 12.4. The normalized spacial score (nSPS) is 13.6. The number of carbonyl (C=O) groups is 1. The van der Waals surface area contributed by atoms with E-state index in [2.05, 4.69) is 31.3 Å². The maximum Gasteiger partial charge on any atom is 0.266 e. The molecule has 3 N–H and O–H groups in total. The van der Waals surface area contributed by atoms with Crippen molar-refractivity contribution >= 4 is 16.0 Å². The average Bonchev–Trinajstić information content (AvgIpc) is 2.90. The van der Waals surface area contributed by atoms with Crippen molar-refractivity contribution in [2.75, 3.05) is 5.75 Å². The number of carbonyl (C=O) groups excluding carboxylic acids is 1. The van der Waals surface area contributed by atoms with E-state index >= 15 is 0 Å². The Balaban J connectivity index is 3.98. The number of rotatable bonds is 30. The lowest BCUT2D eigenvalue weighted by Crippen LogP contribution is -2.47. The molecule has 0 bridgehead atoms. The first kappa shape index (κ1) is 39.1. The summed E-state index contributed by atoms with van der Waals surface area (Å²) in [4.78, 5) is 12.4. The van der Waals surface area contributed by atoms with Crippen molar-refractivity contribution in [1.29, 1.82) is 0 Å². The lowest BCUT2D eigenvalue weighted by molar-refractivity contribution is -0.122. The number of hydrogen-bond acceptors (Lipinski definition) is 4. The fraction of sp³-hybridized carbons (Fsp3) is 0.909. The van der Waals surface area contributed by atoms with E-state index in [1.54, 1.807) is 0 Å². The average molecular weight is 588 g/mol. The molecule has 0 radical (unpaired) electrons. The van der Waals surface area contributed by atoms with Gasteiger partial charge in [0, 0.05) is 6.42 Å². The molecule has 0 aliphatic carbocycles. The molecule has 0 heterocycles. The molecule has 238 valence electrons. The van der Waals surface area contributed by atoms with Crippen LogP contribution in [-0.4, -0.2) is 41.9 Å². The van der Waals surface area contributed by atoms with Crippen LogP contribution in [-0.2, 0) is 14.9 Å². The Morgan fingerprint density at radius 2 is 1.05 bits per heavy atom. The summed E-state index contributed by atoms with van der Waals surface area (Å²) in [6.45, 7) is 4.47. The smallest absolute Gasteiger partial charge is 0.266 e. The van der Waals surface area contributed by atoms with Gasteiger partial charge in [0.15, 0.2) is 0 Å². The topological polar surface area (TPSA) is 104 Å². The molecule has 0 aliphatic rings. The SMILES string of the molecule is CCCCCC/C=C\CCCCCCCC(=O)NC(CS(=O)(=O)O)C(O)CCCCCCCCCCCCCC. The summed E-state index contributed by atoms with van der Waals surface area (Å²) in [5, 5.41) is 13.2. The van der Waals surface area contributed by atoms with E-state index in [1.807, 2.05) is 0 Å². The summed E-state index contributed by atoms with van der Waals surface area (Å²) in [7, 11) is -4.30. The Hall–Kier alpha value is -0.920. The highest BCUT2D eigenvalue weighted by Gasteiger charge is 2.26. The van der Waals surface area contributed by atoms with E-state index in [4.69, 9.17) is 0 Å². The molecule has 0 saturated carbocycles. The van der Waals surface area contributed by atoms with Crippen LogP contribution in [0.15, 0.2) is 12.2 Å². The molecule has 0 aromatic rings. The molecule has 0 spiro atoms. The number of amides is 1. The first-order chi connectivity index (χ1) is 19.3. The molecular weight excluding hydrogens is 522 g/mol. The Bertz CT molecular complexity index is 695. The van der Waals surface area contributed by atoms with Crippen LogP contribution in [0.5, 0.6) is 0 Å². The highest BCUT2D eigenvalue weighted by atomic mass is 32.2. The molecule has 1 amide bonds. The number of nitrogens with one attached hydrogen (secondary N) is 1. The summed E-state index contributed by atoms with van der Waals surface area (Å²) >= 11 is 0. The van der Waals surface area contributed by atoms with Crippen LogP contribution in [0.25, 0.3) is 0 Å². The van der Waals surface area contributed by atoms with Crippen LogP contribution in [0.1, 0.15) is 174 Å². The second-order valence-corrected chi connectivity index (χ2v) is 13.3. The maximum atomic E-state index is 12.4. The van der Waals surface area contributed by atoms with Crippen LogP contribution in [0.2, 0.25) is 0 Å². The molecule has 0 aromatic carbocycles. The van der Waals surface area contributed by atoms with Gasteiger partial charge < -0.3 is 10.4 Å². The molecule has 40 heavy (non-hydrogen) atoms. The van der Waals surface area contributed by atoms with E-state index < -0.39 is 28.0 Å². The van der Waals surface area contributed by atoms with E-state index in [1.165, 1.54) is 96.3 Å². The molecule has 2 unspecified atom stereocenters. The molecule has 2 atom stereocenters. The number of allylic oxidation sites excluding steroid dienone is 2. The van der Waals surface area contributed by atoms with E-state index in [9.17, 15) is 22.9 Å². The second-order valence-electron chi connectivity index (χ2n) is 11.8. The lowest BCUT2D eigenvalue weighted by Gasteiger charge is -2.23. The third kappa shape index (κ3) is 28.6. The minimum atomic E-state index is -4.30. The largest absolute Gasteiger partial charge is 0.391 e.